The molecule has 1 saturated heterocycles. The fraction of sp³-hybridized carbons (Fsp3) is 0.259. The molecule has 2 aliphatic heterocycles. The molecule has 0 bridgehead atoms. The van der Waals surface area contributed by atoms with Gasteiger partial charge >= 0.3 is 0 Å². The van der Waals surface area contributed by atoms with E-state index in [1.807, 2.05) is 47.8 Å². The van der Waals surface area contributed by atoms with Crippen molar-refractivity contribution < 1.29 is 9.59 Å². The van der Waals surface area contributed by atoms with Crippen molar-refractivity contribution in [2.75, 3.05) is 13.1 Å². The molecule has 2 aromatic carbocycles. The lowest BCUT2D eigenvalue weighted by Gasteiger charge is -2.34. The molecule has 3 aromatic rings. The topological polar surface area (TPSA) is 40.6 Å². The van der Waals surface area contributed by atoms with E-state index in [0.29, 0.717) is 23.7 Å². The van der Waals surface area contributed by atoms with Crippen LogP contribution in [0.5, 0.6) is 0 Å². The van der Waals surface area contributed by atoms with E-state index in [1.54, 1.807) is 0 Å². The molecule has 5 rings (SSSR count). The summed E-state index contributed by atoms with van der Waals surface area (Å²) < 4.78 is 0. The number of likely N-dealkylation sites (tertiary alicyclic amines) is 1. The second-order valence-electron chi connectivity index (χ2n) is 8.50. The van der Waals surface area contributed by atoms with Gasteiger partial charge in [0, 0.05) is 18.0 Å². The number of imide groups is 1. The molecule has 1 aromatic heterocycles. The number of benzene rings is 2. The summed E-state index contributed by atoms with van der Waals surface area (Å²) in [6, 6.07) is 24.2. The van der Waals surface area contributed by atoms with E-state index < -0.39 is 0 Å². The summed E-state index contributed by atoms with van der Waals surface area (Å²) in [6.07, 6.45) is 3.12. The Morgan fingerprint density at radius 1 is 0.781 bits per heavy atom. The maximum absolute atomic E-state index is 13.5. The van der Waals surface area contributed by atoms with Crippen molar-refractivity contribution >= 4 is 28.7 Å². The molecule has 5 heteroatoms. The second kappa shape index (κ2) is 9.13. The maximum atomic E-state index is 13.5. The van der Waals surface area contributed by atoms with Crippen LogP contribution in [0.2, 0.25) is 0 Å². The highest BCUT2D eigenvalue weighted by atomic mass is 32.1. The number of amides is 2. The fourth-order valence-electron chi connectivity index (χ4n) is 4.72. The van der Waals surface area contributed by atoms with E-state index in [9.17, 15) is 9.59 Å². The molecular weight excluding hydrogens is 416 g/mol. The van der Waals surface area contributed by atoms with Crippen molar-refractivity contribution in [3.63, 3.8) is 0 Å². The van der Waals surface area contributed by atoms with E-state index in [1.165, 1.54) is 21.8 Å². The Labute approximate surface area is 192 Å². The SMILES string of the molecule is O=C1C(c2cccs2)=C(N2CCC(Cc3ccccc3)CC2)C(=O)N1Cc1ccccc1. The van der Waals surface area contributed by atoms with Gasteiger partial charge in [-0.25, -0.2) is 0 Å². The summed E-state index contributed by atoms with van der Waals surface area (Å²) in [7, 11) is 0. The summed E-state index contributed by atoms with van der Waals surface area (Å²) in [5.41, 5.74) is 3.49. The fourth-order valence-corrected chi connectivity index (χ4v) is 5.48. The van der Waals surface area contributed by atoms with Crippen molar-refractivity contribution in [3.05, 3.63) is 99.9 Å². The Kier molecular flexibility index (Phi) is 5.91. The Bertz CT molecular complexity index is 1110. The standard InChI is InChI=1S/C27H26N2O2S/c30-26-24(23-12-7-17-32-23)25(27(31)29(26)19-22-10-5-2-6-11-22)28-15-13-21(14-16-28)18-20-8-3-1-4-9-20/h1-12,17,21H,13-16,18-19H2. The lowest BCUT2D eigenvalue weighted by molar-refractivity contribution is -0.138. The molecule has 0 spiro atoms. The van der Waals surface area contributed by atoms with Crippen LogP contribution in [0.3, 0.4) is 0 Å². The zero-order valence-corrected chi connectivity index (χ0v) is 18.8. The predicted octanol–water partition coefficient (Wildman–Crippen LogP) is 4.98. The van der Waals surface area contributed by atoms with Crippen LogP contribution < -0.4 is 0 Å². The first-order chi connectivity index (χ1) is 15.7. The van der Waals surface area contributed by atoms with Crippen LogP contribution in [0, 0.1) is 5.92 Å². The zero-order chi connectivity index (χ0) is 21.9. The maximum Gasteiger partial charge on any atom is 0.278 e. The van der Waals surface area contributed by atoms with Crippen molar-refractivity contribution in [1.82, 2.24) is 9.80 Å². The van der Waals surface area contributed by atoms with Crippen LogP contribution in [0.15, 0.2) is 83.9 Å². The molecule has 0 saturated carbocycles. The van der Waals surface area contributed by atoms with Crippen LogP contribution in [0.1, 0.15) is 28.8 Å². The predicted molar refractivity (Wildman–Crippen MR) is 128 cm³/mol. The monoisotopic (exact) mass is 442 g/mol. The van der Waals surface area contributed by atoms with Crippen LogP contribution in [-0.4, -0.2) is 34.7 Å². The third-order valence-corrected chi connectivity index (χ3v) is 7.28. The van der Waals surface area contributed by atoms with Gasteiger partial charge in [-0.1, -0.05) is 66.7 Å². The lowest BCUT2D eigenvalue weighted by Crippen LogP contribution is -2.38. The highest BCUT2D eigenvalue weighted by molar-refractivity contribution is 7.11. The summed E-state index contributed by atoms with van der Waals surface area (Å²) in [4.78, 5) is 31.4. The molecular formula is C27H26N2O2S. The van der Waals surface area contributed by atoms with Gasteiger partial charge in [-0.2, -0.15) is 0 Å². The largest absolute Gasteiger partial charge is 0.366 e. The van der Waals surface area contributed by atoms with E-state index >= 15 is 0 Å². The molecule has 0 atom stereocenters. The quantitative estimate of drug-likeness (QED) is 0.506. The molecule has 0 radical (unpaired) electrons. The minimum atomic E-state index is -0.178. The zero-order valence-electron chi connectivity index (χ0n) is 17.9. The first-order valence-electron chi connectivity index (χ1n) is 11.2. The normalized spacial score (nSPS) is 17.5. The van der Waals surface area contributed by atoms with Gasteiger partial charge in [0.2, 0.25) is 0 Å². The molecule has 0 N–H and O–H groups in total. The highest BCUT2D eigenvalue weighted by Crippen LogP contribution is 2.36. The Hall–Kier alpha value is -3.18. The van der Waals surface area contributed by atoms with Crippen molar-refractivity contribution in [2.45, 2.75) is 25.8 Å². The third kappa shape index (κ3) is 4.13. The first-order valence-corrected chi connectivity index (χ1v) is 12.1. The summed E-state index contributed by atoms with van der Waals surface area (Å²) in [5.74, 6) is 0.263. The van der Waals surface area contributed by atoms with Crippen LogP contribution >= 0.6 is 11.3 Å². The number of piperidine rings is 1. The van der Waals surface area contributed by atoms with Crippen molar-refractivity contribution in [1.29, 1.82) is 0 Å². The average Bonchev–Trinajstić information content (AvgIpc) is 3.44. The van der Waals surface area contributed by atoms with E-state index in [-0.39, 0.29) is 11.8 Å². The minimum Gasteiger partial charge on any atom is -0.366 e. The van der Waals surface area contributed by atoms with Gasteiger partial charge in [0.1, 0.15) is 5.70 Å². The van der Waals surface area contributed by atoms with E-state index in [2.05, 4.69) is 35.2 Å². The molecule has 1 fully saturated rings. The summed E-state index contributed by atoms with van der Waals surface area (Å²) in [6.45, 7) is 1.92. The minimum absolute atomic E-state index is 0.163. The van der Waals surface area contributed by atoms with Gasteiger partial charge in [-0.3, -0.25) is 14.5 Å². The molecule has 2 amide bonds. The van der Waals surface area contributed by atoms with E-state index in [0.717, 1.165) is 42.8 Å². The first kappa shape index (κ1) is 20.7. The Balaban J connectivity index is 1.37. The number of thiophene rings is 1. The van der Waals surface area contributed by atoms with Gasteiger partial charge in [0.25, 0.3) is 11.8 Å². The summed E-state index contributed by atoms with van der Waals surface area (Å²) >= 11 is 1.52. The van der Waals surface area contributed by atoms with Gasteiger partial charge in [-0.05, 0) is 47.8 Å². The molecule has 3 heterocycles. The molecule has 4 nitrogen and oxygen atoms in total. The molecule has 32 heavy (non-hydrogen) atoms. The van der Waals surface area contributed by atoms with Crippen LogP contribution in [0.25, 0.3) is 5.57 Å². The smallest absolute Gasteiger partial charge is 0.278 e. The Morgan fingerprint density at radius 2 is 1.44 bits per heavy atom. The number of hydrogen-bond donors (Lipinski definition) is 0. The van der Waals surface area contributed by atoms with Crippen molar-refractivity contribution in [2.24, 2.45) is 5.92 Å². The van der Waals surface area contributed by atoms with Crippen LogP contribution in [0.4, 0.5) is 0 Å². The van der Waals surface area contributed by atoms with Crippen LogP contribution in [-0.2, 0) is 22.6 Å². The third-order valence-electron chi connectivity index (χ3n) is 6.39. The van der Waals surface area contributed by atoms with Gasteiger partial charge < -0.3 is 4.90 Å². The molecule has 0 unspecified atom stereocenters. The number of carbonyl (C=O) groups excluding carboxylic acids is 2. The van der Waals surface area contributed by atoms with Crippen molar-refractivity contribution in [3.8, 4) is 0 Å². The summed E-state index contributed by atoms with van der Waals surface area (Å²) in [5, 5.41) is 1.96. The number of rotatable bonds is 6. The second-order valence-corrected chi connectivity index (χ2v) is 9.45. The highest BCUT2D eigenvalue weighted by Gasteiger charge is 2.42. The lowest BCUT2D eigenvalue weighted by atomic mass is 9.90. The Morgan fingerprint density at radius 3 is 2.06 bits per heavy atom. The molecule has 162 valence electrons. The molecule has 0 aliphatic carbocycles. The van der Waals surface area contributed by atoms with Gasteiger partial charge in [-0.15, -0.1) is 11.3 Å². The molecule has 2 aliphatic rings. The number of nitrogens with zero attached hydrogens (tertiary/aromatic N) is 2. The average molecular weight is 443 g/mol. The number of hydrogen-bond acceptors (Lipinski definition) is 4. The van der Waals surface area contributed by atoms with Gasteiger partial charge in [0.05, 0.1) is 12.1 Å². The van der Waals surface area contributed by atoms with Gasteiger partial charge in [0.15, 0.2) is 0 Å². The van der Waals surface area contributed by atoms with E-state index in [4.69, 9.17) is 0 Å². The number of carbonyl (C=O) groups is 2.